The average molecular weight is 1410 g/mol. The fourth-order valence-electron chi connectivity index (χ4n) is 12.5. The summed E-state index contributed by atoms with van der Waals surface area (Å²) in [6.07, 6.45) is -2.52. The number of hydrogen-bond donors (Lipinski definition) is 15. The zero-order valence-corrected chi connectivity index (χ0v) is 54.3. The predicted octanol–water partition coefficient (Wildman–Crippen LogP) is 8.28. The summed E-state index contributed by atoms with van der Waals surface area (Å²) >= 11 is 13.8. The van der Waals surface area contributed by atoms with Gasteiger partial charge >= 0.3 is 5.97 Å². The van der Waals surface area contributed by atoms with Crippen LogP contribution in [0.2, 0.25) is 10.0 Å². The Hall–Kier alpha value is -12.1. The highest BCUT2D eigenvalue weighted by Gasteiger charge is 2.42. The van der Waals surface area contributed by atoms with Crippen LogP contribution in [0.25, 0.3) is 22.3 Å². The van der Waals surface area contributed by atoms with Gasteiger partial charge < -0.3 is 92.7 Å². The number of nitrogens with two attached hydrogens (primary N) is 1. The van der Waals surface area contributed by atoms with E-state index < -0.39 is 152 Å². The van der Waals surface area contributed by atoms with E-state index in [2.05, 4.69) is 31.9 Å². The largest absolute Gasteiger partial charge is 0.508 e. The van der Waals surface area contributed by atoms with Crippen LogP contribution in [0.4, 0.5) is 0 Å². The van der Waals surface area contributed by atoms with Gasteiger partial charge in [-0.25, -0.2) is 4.79 Å². The van der Waals surface area contributed by atoms with Gasteiger partial charge in [-0.2, -0.15) is 0 Å². The summed E-state index contributed by atoms with van der Waals surface area (Å²) in [5.74, 6) is -15.0. The zero-order chi connectivity index (χ0) is 71.4. The molecule has 514 valence electrons. The van der Waals surface area contributed by atoms with Crippen LogP contribution in [-0.2, 0) is 53.1 Å². The number of carbonyl (C=O) groups is 7. The highest BCUT2D eigenvalue weighted by molar-refractivity contribution is 6.32. The monoisotopic (exact) mass is 1410 g/mol. The van der Waals surface area contributed by atoms with Gasteiger partial charge in [-0.15, -0.1) is 0 Å². The lowest BCUT2D eigenvalue weighted by atomic mass is 9.88. The van der Waals surface area contributed by atoms with Gasteiger partial charge in [-0.05, 0) is 136 Å². The van der Waals surface area contributed by atoms with E-state index in [-0.39, 0.29) is 85.9 Å². The molecule has 17 bridgehead atoms. The Kier molecular flexibility index (Phi) is 18.3. The summed E-state index contributed by atoms with van der Waals surface area (Å²) in [7, 11) is 1.68. The summed E-state index contributed by atoms with van der Waals surface area (Å²) in [6.45, 7) is 0.00790. The molecule has 9 aromatic carbocycles. The third kappa shape index (κ3) is 13.7. The molecule has 6 heterocycles. The lowest BCUT2D eigenvalue weighted by Crippen LogP contribution is -2.55. The molecule has 101 heavy (non-hydrogen) atoms. The van der Waals surface area contributed by atoms with E-state index in [0.29, 0.717) is 5.56 Å². The fourth-order valence-corrected chi connectivity index (χ4v) is 13.0. The van der Waals surface area contributed by atoms with Crippen LogP contribution in [0.1, 0.15) is 86.4 Å². The second-order valence-electron chi connectivity index (χ2n) is 24.6. The van der Waals surface area contributed by atoms with Gasteiger partial charge in [0.15, 0.2) is 29.0 Å². The number of fused-ring (bicyclic) bond motifs is 14. The molecule has 26 nitrogen and oxygen atoms in total. The third-order valence-corrected chi connectivity index (χ3v) is 18.3. The molecule has 0 aromatic heterocycles. The molecule has 6 amide bonds. The lowest BCUT2D eigenvalue weighted by Gasteiger charge is -2.31. The number of phenols is 6. The summed E-state index contributed by atoms with van der Waals surface area (Å²) in [5, 5.41) is 109. The number of amides is 6. The van der Waals surface area contributed by atoms with Crippen molar-refractivity contribution < 1.29 is 88.6 Å². The molecule has 6 aliphatic rings. The summed E-state index contributed by atoms with van der Waals surface area (Å²) in [5.41, 5.74) is 6.96. The number of ether oxygens (including phenoxy) is 3. The number of aliphatic hydroxyl groups is 1. The molecule has 0 spiro atoms. The standard InChI is InChI=1S/C73H60Cl2N8O18/c1-83(30-32-7-10-35(11-8-32)34-5-3-2-4-6-34)31-45-51(87)29-44-57(65(45)89)43-23-37(13-15-49(43)85)59-69(93)82-63(72(96)81-62(44)73(97)98)64(88)38-14-18-53(47(75)24-38)101-56-27-40-26-55(66(56)90)100-52-17-9-33(19-46(52)74)20-48-67(91)78-60(70(94)80-61(40)71(95)79-59)39-21-41(84)28-42(22-39)99-54-25-36(12-16-50(54)86)58(76)68(92)77-48/h2-19,21-29,48,58-64,84-90H,20,30-31,76H2,1H3,(H,77,92)(H,78,91)(H,79,95)(H,80,94)(H,81,96)(H,82,93)(H,97,98)/t48-,58-,59-,60+,61-,62+,63+,64-/m1/s1. The van der Waals surface area contributed by atoms with Crippen molar-refractivity contribution >= 4 is 64.6 Å². The first-order valence-electron chi connectivity index (χ1n) is 31.2. The maximum Gasteiger partial charge on any atom is 0.330 e. The Balaban J connectivity index is 0.981. The van der Waals surface area contributed by atoms with Crippen molar-refractivity contribution in [1.29, 1.82) is 0 Å². The number of phenolic OH excluding ortho intramolecular Hbond substituents is 6. The Morgan fingerprint density at radius 1 is 0.515 bits per heavy atom. The number of aliphatic hydroxyl groups excluding tert-OH is 1. The zero-order valence-electron chi connectivity index (χ0n) is 52.8. The molecule has 0 saturated heterocycles. The SMILES string of the molecule is CN(Cc1ccc(-c2ccccc2)cc1)Cc1c(O)cc2c(c1O)-c1cc(ccc1O)[C@H]1NC(=O)[C@@H]3NC(=O)[C@H]4NC(=O)[C@@H](Cc5ccc(c(Cl)c5)Oc5cc3cc(c5O)Oc3ccc(cc3Cl)[C@@H](O)[C@H](NC1=O)C(=O)N[C@@H]2C(=O)O)NC(=O)[C@H](N)c1ccc(O)c(c1)Oc1cc(O)cc4c1. The summed E-state index contributed by atoms with van der Waals surface area (Å²) in [4.78, 5) is 107. The number of nitrogens with zero attached hydrogens (tertiary/aromatic N) is 1. The van der Waals surface area contributed by atoms with Crippen LogP contribution in [0.5, 0.6) is 69.0 Å². The van der Waals surface area contributed by atoms with E-state index in [1.54, 1.807) is 11.9 Å². The van der Waals surface area contributed by atoms with E-state index in [0.717, 1.165) is 71.3 Å². The van der Waals surface area contributed by atoms with E-state index in [4.69, 9.17) is 43.1 Å². The molecule has 0 fully saturated rings. The van der Waals surface area contributed by atoms with E-state index in [1.165, 1.54) is 54.6 Å². The number of aromatic hydroxyl groups is 6. The first-order chi connectivity index (χ1) is 48.3. The Morgan fingerprint density at radius 2 is 1.11 bits per heavy atom. The molecule has 0 aliphatic carbocycles. The average Bonchev–Trinajstić information content (AvgIpc) is 0.751. The van der Waals surface area contributed by atoms with Gasteiger partial charge in [0.05, 0.1) is 15.6 Å². The number of hydrogen-bond acceptors (Lipinski definition) is 19. The van der Waals surface area contributed by atoms with E-state index >= 15 is 24.0 Å². The van der Waals surface area contributed by atoms with Gasteiger partial charge in [0, 0.05) is 42.3 Å². The first-order valence-corrected chi connectivity index (χ1v) is 32.0. The number of carboxylic acids is 1. The number of nitrogens with one attached hydrogen (secondary N) is 6. The molecule has 16 N–H and O–H groups in total. The second kappa shape index (κ2) is 27.3. The quantitative estimate of drug-likeness (QED) is 0.0744. The summed E-state index contributed by atoms with van der Waals surface area (Å²) < 4.78 is 18.6. The number of halogens is 2. The van der Waals surface area contributed by atoms with Crippen molar-refractivity contribution in [3.63, 3.8) is 0 Å². The van der Waals surface area contributed by atoms with Gasteiger partial charge in [-0.3, -0.25) is 33.7 Å². The van der Waals surface area contributed by atoms with Crippen molar-refractivity contribution in [2.24, 2.45) is 5.73 Å². The number of aliphatic carboxylic acids is 1. The second-order valence-corrected chi connectivity index (χ2v) is 25.4. The first kappa shape index (κ1) is 67.5. The van der Waals surface area contributed by atoms with Crippen molar-refractivity contribution in [3.05, 3.63) is 224 Å². The van der Waals surface area contributed by atoms with Gasteiger partial charge in [0.1, 0.15) is 82.6 Å². The maximum atomic E-state index is 16.0. The van der Waals surface area contributed by atoms with Crippen LogP contribution in [0.15, 0.2) is 164 Å². The normalized spacial score (nSPS) is 20.4. The van der Waals surface area contributed by atoms with Crippen LogP contribution in [0, 0.1) is 0 Å². The highest BCUT2D eigenvalue weighted by Crippen LogP contribution is 2.50. The Labute approximate surface area is 583 Å². The van der Waals surface area contributed by atoms with Crippen LogP contribution in [-0.4, -0.2) is 106 Å². The number of benzene rings is 9. The minimum atomic E-state index is -2.24. The highest BCUT2D eigenvalue weighted by atomic mass is 35.5. The minimum Gasteiger partial charge on any atom is -0.508 e. The van der Waals surface area contributed by atoms with Crippen LogP contribution >= 0.6 is 23.2 Å². The molecule has 28 heteroatoms. The number of carboxylic acid groups (broad SMARTS) is 1. The summed E-state index contributed by atoms with van der Waals surface area (Å²) in [6, 6.07) is 24.7. The third-order valence-electron chi connectivity index (χ3n) is 17.7. The molecule has 6 aliphatic heterocycles. The minimum absolute atomic E-state index is 0.116. The molecular formula is C73H60Cl2N8O18. The lowest BCUT2D eigenvalue weighted by molar-refractivity contribution is -0.143. The molecule has 9 aromatic rings. The molecular weight excluding hydrogens is 1350 g/mol. The topological polar surface area (TPSA) is 410 Å². The van der Waals surface area contributed by atoms with E-state index in [9.17, 15) is 50.4 Å². The number of carbonyl (C=O) groups excluding carboxylic acids is 6. The predicted molar refractivity (Wildman–Crippen MR) is 362 cm³/mol. The molecule has 0 unspecified atom stereocenters. The van der Waals surface area contributed by atoms with Crippen molar-refractivity contribution in [3.8, 4) is 91.2 Å². The molecule has 15 rings (SSSR count). The fraction of sp³-hybridized carbons (Fsp3) is 0.164. The Morgan fingerprint density at radius 3 is 1.78 bits per heavy atom. The van der Waals surface area contributed by atoms with Gasteiger partial charge in [0.25, 0.3) is 0 Å². The molecule has 8 atom stereocenters. The van der Waals surface area contributed by atoms with Crippen LogP contribution in [0.3, 0.4) is 0 Å². The van der Waals surface area contributed by atoms with E-state index in [1.807, 2.05) is 54.6 Å². The van der Waals surface area contributed by atoms with Crippen molar-refractivity contribution in [2.45, 2.75) is 67.9 Å². The van der Waals surface area contributed by atoms with Gasteiger partial charge in [0.2, 0.25) is 41.2 Å². The number of rotatable bonds is 6. The maximum absolute atomic E-state index is 16.0. The molecule has 0 saturated carbocycles. The van der Waals surface area contributed by atoms with Crippen molar-refractivity contribution in [1.82, 2.24) is 36.8 Å². The van der Waals surface area contributed by atoms with Crippen molar-refractivity contribution in [2.75, 3.05) is 7.05 Å². The Bertz CT molecular complexity index is 4910. The molecule has 0 radical (unpaired) electrons. The van der Waals surface area contributed by atoms with Gasteiger partial charge in [-0.1, -0.05) is 102 Å². The van der Waals surface area contributed by atoms with Crippen LogP contribution < -0.4 is 51.8 Å². The smallest absolute Gasteiger partial charge is 0.330 e.